The molecule has 1 aromatic carbocycles. The molecule has 0 radical (unpaired) electrons. The Morgan fingerprint density at radius 1 is 1.24 bits per heavy atom. The summed E-state index contributed by atoms with van der Waals surface area (Å²) in [4.78, 5) is 41.9. The first-order chi connectivity index (χ1) is 15.6. The quantitative estimate of drug-likeness (QED) is 0.318. The van der Waals surface area contributed by atoms with Gasteiger partial charge in [0, 0.05) is 17.5 Å². The van der Waals surface area contributed by atoms with E-state index in [0.717, 1.165) is 0 Å². The average Bonchev–Trinajstić information content (AvgIpc) is 2.79. The van der Waals surface area contributed by atoms with Gasteiger partial charge in [-0.15, -0.1) is 0 Å². The minimum atomic E-state index is -1.32. The van der Waals surface area contributed by atoms with Crippen LogP contribution < -0.4 is 16.1 Å². The van der Waals surface area contributed by atoms with Crippen molar-refractivity contribution in [2.45, 2.75) is 45.8 Å². The number of nitrogens with zero attached hydrogens (tertiary/aromatic N) is 2. The maximum absolute atomic E-state index is 13.5. The van der Waals surface area contributed by atoms with Crippen molar-refractivity contribution in [3.63, 3.8) is 0 Å². The molecule has 0 bridgehead atoms. The number of carbonyl (C=O) groups excluding carboxylic acids is 1. The lowest BCUT2D eigenvalue weighted by Crippen LogP contribution is -2.40. The fourth-order valence-electron chi connectivity index (χ4n) is 3.26. The van der Waals surface area contributed by atoms with Crippen molar-refractivity contribution in [1.29, 1.82) is 0 Å². The zero-order valence-electron chi connectivity index (χ0n) is 19.4. The number of benzene rings is 1. The molecule has 0 fully saturated rings. The van der Waals surface area contributed by atoms with Crippen LogP contribution in [0.3, 0.4) is 0 Å². The molecule has 0 aliphatic carbocycles. The summed E-state index contributed by atoms with van der Waals surface area (Å²) in [7, 11) is 2.75. The predicted molar refractivity (Wildman–Crippen MR) is 121 cm³/mol. The van der Waals surface area contributed by atoms with E-state index >= 15 is 0 Å². The summed E-state index contributed by atoms with van der Waals surface area (Å²) < 4.78 is 35.1. The van der Waals surface area contributed by atoms with Gasteiger partial charge in [0.2, 0.25) is 5.76 Å². The van der Waals surface area contributed by atoms with Crippen LogP contribution in [0.15, 0.2) is 43.3 Å². The van der Waals surface area contributed by atoms with E-state index in [1.54, 1.807) is 26.8 Å². The van der Waals surface area contributed by atoms with Gasteiger partial charge in [-0.05, 0) is 39.6 Å². The van der Waals surface area contributed by atoms with E-state index in [1.807, 2.05) is 0 Å². The Kier molecular flexibility index (Phi) is 8.33. The number of aromatic nitrogens is 1. The van der Waals surface area contributed by atoms with Crippen LogP contribution in [0.5, 0.6) is 5.75 Å². The lowest BCUT2D eigenvalue weighted by molar-refractivity contribution is -0.153. The van der Waals surface area contributed by atoms with E-state index in [0.29, 0.717) is 15.9 Å². The van der Waals surface area contributed by atoms with Crippen LogP contribution in [0.4, 0.5) is 10.1 Å². The normalized spacial score (nSPS) is 14.2. The summed E-state index contributed by atoms with van der Waals surface area (Å²) in [6, 6.07) is 2.74. The van der Waals surface area contributed by atoms with Gasteiger partial charge >= 0.3 is 11.7 Å². The van der Waals surface area contributed by atoms with Crippen molar-refractivity contribution in [3.8, 4) is 5.75 Å². The molecule has 2 aromatic rings. The largest absolute Gasteiger partial charge is 0.496 e. The van der Waals surface area contributed by atoms with Crippen LogP contribution in [0.2, 0.25) is 0 Å². The summed E-state index contributed by atoms with van der Waals surface area (Å²) in [5, 5.41) is 0. The number of carbonyl (C=O) groups is 1. The molecule has 9 nitrogen and oxygen atoms in total. The topological polar surface area (TPSA) is 109 Å². The Morgan fingerprint density at radius 3 is 2.45 bits per heavy atom. The van der Waals surface area contributed by atoms with E-state index in [-0.39, 0.29) is 23.1 Å². The number of hydrogen-bond acceptors (Lipinski definition) is 8. The van der Waals surface area contributed by atoms with Gasteiger partial charge in [-0.25, -0.2) is 18.5 Å². The van der Waals surface area contributed by atoms with Crippen molar-refractivity contribution in [2.75, 3.05) is 14.2 Å². The molecule has 178 valence electrons. The molecule has 1 heterocycles. The van der Waals surface area contributed by atoms with Crippen molar-refractivity contribution in [3.05, 3.63) is 62.3 Å². The van der Waals surface area contributed by atoms with E-state index in [9.17, 15) is 18.8 Å². The second kappa shape index (κ2) is 10.8. The molecule has 0 amide bonds. The molecule has 2 rings (SSSR count). The fraction of sp³-hybridized carbons (Fsp3) is 0.391. The average molecular weight is 462 g/mol. The molecule has 0 saturated carbocycles. The highest BCUT2D eigenvalue weighted by atomic mass is 19.1. The van der Waals surface area contributed by atoms with Crippen LogP contribution >= 0.6 is 0 Å². The third kappa shape index (κ3) is 5.21. The van der Waals surface area contributed by atoms with E-state index in [4.69, 9.17) is 18.6 Å². The smallest absolute Gasteiger partial charge is 0.423 e. The number of rotatable bonds is 9. The van der Waals surface area contributed by atoms with Gasteiger partial charge < -0.3 is 18.6 Å². The van der Waals surface area contributed by atoms with Crippen molar-refractivity contribution in [2.24, 2.45) is 4.99 Å². The van der Waals surface area contributed by atoms with E-state index in [2.05, 4.69) is 11.7 Å². The minimum Gasteiger partial charge on any atom is -0.496 e. The molecule has 0 saturated heterocycles. The van der Waals surface area contributed by atoms with Crippen LogP contribution in [0, 0.1) is 5.82 Å². The molecule has 0 aliphatic rings. The monoisotopic (exact) mass is 462 g/mol. The molecule has 0 N–H and O–H groups in total. The summed E-state index contributed by atoms with van der Waals surface area (Å²) in [5.74, 6) is -2.52. The second-order valence-electron chi connectivity index (χ2n) is 7.23. The maximum Gasteiger partial charge on any atom is 0.423 e. The third-order valence-electron chi connectivity index (χ3n) is 5.31. The Labute approximate surface area is 190 Å². The number of allylic oxidation sites excluding steroid dienone is 1. The van der Waals surface area contributed by atoms with E-state index in [1.165, 1.54) is 39.4 Å². The van der Waals surface area contributed by atoms with Crippen LogP contribution in [-0.4, -0.2) is 37.6 Å². The SMILES string of the molecule is C=Nc1c(/C(=C\C)OC)oc(=O)n([C@@H](C)C(=O)O[C@H](C)[C@H](C)c2ccc(F)cc2OC)c1=O. The Morgan fingerprint density at radius 2 is 1.91 bits per heavy atom. The highest BCUT2D eigenvalue weighted by Gasteiger charge is 2.29. The molecule has 1 aromatic heterocycles. The zero-order chi connectivity index (χ0) is 24.9. The number of aliphatic imine (C=N–C) groups is 1. The van der Waals surface area contributed by atoms with Crippen molar-refractivity contribution in [1.82, 2.24) is 4.57 Å². The Bertz CT molecular complexity index is 1180. The maximum atomic E-state index is 13.5. The van der Waals surface area contributed by atoms with Gasteiger partial charge in [-0.2, -0.15) is 0 Å². The van der Waals surface area contributed by atoms with Crippen molar-refractivity contribution < 1.29 is 27.8 Å². The zero-order valence-corrected chi connectivity index (χ0v) is 19.4. The Hall–Kier alpha value is -3.69. The molecular formula is C23H27FN2O7. The van der Waals surface area contributed by atoms with Gasteiger partial charge in [0.05, 0.1) is 14.2 Å². The lowest BCUT2D eigenvalue weighted by Gasteiger charge is -2.24. The molecule has 33 heavy (non-hydrogen) atoms. The molecule has 0 unspecified atom stereocenters. The fourth-order valence-corrected chi connectivity index (χ4v) is 3.26. The highest BCUT2D eigenvalue weighted by Crippen LogP contribution is 2.31. The van der Waals surface area contributed by atoms with Gasteiger partial charge in [-0.3, -0.25) is 9.79 Å². The molecule has 10 heteroatoms. The van der Waals surface area contributed by atoms with Crippen LogP contribution in [0.25, 0.3) is 5.76 Å². The number of halogens is 1. The summed E-state index contributed by atoms with van der Waals surface area (Å²) in [5.41, 5.74) is -0.524. The standard InChI is InChI=1S/C23H27FN2O7/c1-8-17(30-6)20-19(25-5)21(27)26(23(29)33-20)13(3)22(28)32-14(4)12(2)16-10-9-15(24)11-18(16)31-7/h8-14H,5H2,1-4,6-7H3/b17-8+/t12-,13-,14+/m0/s1. The molecule has 0 aliphatic heterocycles. The molecule has 3 atom stereocenters. The van der Waals surface area contributed by atoms with Gasteiger partial charge in [-0.1, -0.05) is 13.0 Å². The number of ether oxygens (including phenoxy) is 3. The van der Waals surface area contributed by atoms with Gasteiger partial charge in [0.25, 0.3) is 5.56 Å². The summed E-state index contributed by atoms with van der Waals surface area (Å²) >= 11 is 0. The first-order valence-corrected chi connectivity index (χ1v) is 10.1. The van der Waals surface area contributed by atoms with E-state index < -0.39 is 35.2 Å². The van der Waals surface area contributed by atoms with Gasteiger partial charge in [0.1, 0.15) is 23.7 Å². The predicted octanol–water partition coefficient (Wildman–Crippen LogP) is 3.58. The molecular weight excluding hydrogens is 435 g/mol. The summed E-state index contributed by atoms with van der Waals surface area (Å²) in [6.07, 6.45) is 0.794. The highest BCUT2D eigenvalue weighted by molar-refractivity contribution is 5.74. The first kappa shape index (κ1) is 25.6. The second-order valence-corrected chi connectivity index (χ2v) is 7.23. The third-order valence-corrected chi connectivity index (χ3v) is 5.31. The number of esters is 1. The number of hydrogen-bond donors (Lipinski definition) is 0. The van der Waals surface area contributed by atoms with Crippen LogP contribution in [-0.2, 0) is 14.3 Å². The van der Waals surface area contributed by atoms with Crippen LogP contribution in [0.1, 0.15) is 51.0 Å². The number of methoxy groups -OCH3 is 2. The lowest BCUT2D eigenvalue weighted by atomic mass is 9.95. The summed E-state index contributed by atoms with van der Waals surface area (Å²) in [6.45, 7) is 9.71. The van der Waals surface area contributed by atoms with Crippen molar-refractivity contribution >= 4 is 24.1 Å². The van der Waals surface area contributed by atoms with Gasteiger partial charge in [0.15, 0.2) is 11.4 Å². The Balaban J connectivity index is 2.36. The molecule has 0 spiro atoms. The first-order valence-electron chi connectivity index (χ1n) is 10.1. The minimum absolute atomic E-state index is 0.115.